The molecule has 0 heterocycles. The van der Waals surface area contributed by atoms with Crippen molar-refractivity contribution in [3.63, 3.8) is 0 Å². The Morgan fingerprint density at radius 3 is 2.67 bits per heavy atom. The van der Waals surface area contributed by atoms with Crippen molar-refractivity contribution in [3.8, 4) is 0 Å². The van der Waals surface area contributed by atoms with Gasteiger partial charge in [0.05, 0.1) is 11.0 Å². The zero-order valence-corrected chi connectivity index (χ0v) is 12.3. The molecule has 3 rings (SSSR count). The molecule has 1 aromatic rings. The number of hydrogen-bond donors (Lipinski definition) is 1. The van der Waals surface area contributed by atoms with Gasteiger partial charge in [-0.3, -0.25) is 15.0 Å². The molecule has 2 unspecified atom stereocenters. The van der Waals surface area contributed by atoms with Crippen LogP contribution in [0.25, 0.3) is 0 Å². The molecule has 1 N–H and O–H groups in total. The van der Waals surface area contributed by atoms with Gasteiger partial charge in [-0.2, -0.15) is 0 Å². The number of aliphatic hydroxyl groups excluding tert-OH is 1. The molecule has 5 heteroatoms. The molecular formula is C16H22N2O3. The number of hydrogen-bond acceptors (Lipinski definition) is 4. The summed E-state index contributed by atoms with van der Waals surface area (Å²) in [6.45, 7) is 2.82. The highest BCUT2D eigenvalue weighted by atomic mass is 16.6. The average molecular weight is 290 g/mol. The molecule has 0 amide bonds. The maximum atomic E-state index is 10.8. The predicted molar refractivity (Wildman–Crippen MR) is 80.0 cm³/mol. The van der Waals surface area contributed by atoms with E-state index in [0.717, 1.165) is 5.92 Å². The van der Waals surface area contributed by atoms with Crippen LogP contribution in [0.3, 0.4) is 0 Å². The summed E-state index contributed by atoms with van der Waals surface area (Å²) < 4.78 is 0. The van der Waals surface area contributed by atoms with Crippen LogP contribution in [-0.4, -0.2) is 33.6 Å². The Labute approximate surface area is 124 Å². The highest BCUT2D eigenvalue weighted by molar-refractivity contribution is 5.35. The van der Waals surface area contributed by atoms with Crippen molar-refractivity contribution in [1.29, 1.82) is 0 Å². The van der Waals surface area contributed by atoms with Crippen LogP contribution < -0.4 is 0 Å². The lowest BCUT2D eigenvalue weighted by Crippen LogP contribution is -2.39. The molecule has 2 aliphatic carbocycles. The fourth-order valence-electron chi connectivity index (χ4n) is 3.05. The van der Waals surface area contributed by atoms with Crippen LogP contribution in [0.15, 0.2) is 24.3 Å². The maximum Gasteiger partial charge on any atom is 0.269 e. The van der Waals surface area contributed by atoms with Gasteiger partial charge in [-0.15, -0.1) is 0 Å². The second-order valence-corrected chi connectivity index (χ2v) is 6.37. The third kappa shape index (κ3) is 3.41. The standard InChI is InChI=1S/C16H22N2O3/c1-11(12-5-6-12)17(14-7-8-14)10-16(19)13-3-2-4-15(9-13)18(20)21/h2-4,9,11-12,14,16,19H,5-8,10H2,1H3. The molecule has 2 aliphatic rings. The van der Waals surface area contributed by atoms with Crippen LogP contribution in [-0.2, 0) is 0 Å². The first-order chi connectivity index (χ1) is 10.1. The smallest absolute Gasteiger partial charge is 0.269 e. The zero-order chi connectivity index (χ0) is 15.0. The fraction of sp³-hybridized carbons (Fsp3) is 0.625. The van der Waals surface area contributed by atoms with E-state index >= 15 is 0 Å². The Morgan fingerprint density at radius 2 is 2.10 bits per heavy atom. The molecule has 0 aromatic heterocycles. The van der Waals surface area contributed by atoms with Crippen molar-refractivity contribution >= 4 is 5.69 Å². The van der Waals surface area contributed by atoms with Crippen LogP contribution >= 0.6 is 0 Å². The largest absolute Gasteiger partial charge is 0.387 e. The van der Waals surface area contributed by atoms with Gasteiger partial charge in [-0.05, 0) is 44.1 Å². The van der Waals surface area contributed by atoms with Gasteiger partial charge in [-0.25, -0.2) is 0 Å². The third-order valence-corrected chi connectivity index (χ3v) is 4.69. The molecular weight excluding hydrogens is 268 g/mol. The van der Waals surface area contributed by atoms with Crippen molar-refractivity contribution in [1.82, 2.24) is 4.90 Å². The summed E-state index contributed by atoms with van der Waals surface area (Å²) in [7, 11) is 0. The Hall–Kier alpha value is -1.46. The number of nitro groups is 1. The Kier molecular flexibility index (Phi) is 3.95. The summed E-state index contributed by atoms with van der Waals surface area (Å²) in [5.41, 5.74) is 0.678. The van der Waals surface area contributed by atoms with Gasteiger partial charge in [0, 0.05) is 30.8 Å². The maximum absolute atomic E-state index is 10.8. The summed E-state index contributed by atoms with van der Waals surface area (Å²) in [6, 6.07) is 7.45. The fourth-order valence-corrected chi connectivity index (χ4v) is 3.05. The van der Waals surface area contributed by atoms with Crippen LogP contribution in [0.4, 0.5) is 5.69 Å². The quantitative estimate of drug-likeness (QED) is 0.619. The molecule has 0 spiro atoms. The van der Waals surface area contributed by atoms with E-state index in [2.05, 4.69) is 11.8 Å². The van der Waals surface area contributed by atoms with Crippen molar-refractivity contribution in [2.24, 2.45) is 5.92 Å². The van der Waals surface area contributed by atoms with E-state index in [4.69, 9.17) is 0 Å². The summed E-state index contributed by atoms with van der Waals surface area (Å²) in [4.78, 5) is 12.8. The molecule has 2 saturated carbocycles. The van der Waals surface area contributed by atoms with Crippen molar-refractivity contribution < 1.29 is 10.0 Å². The van der Waals surface area contributed by atoms with Gasteiger partial charge in [0.15, 0.2) is 0 Å². The molecule has 5 nitrogen and oxygen atoms in total. The van der Waals surface area contributed by atoms with E-state index in [1.165, 1.54) is 37.8 Å². The lowest BCUT2D eigenvalue weighted by molar-refractivity contribution is -0.385. The van der Waals surface area contributed by atoms with Crippen LogP contribution in [0, 0.1) is 16.0 Å². The Morgan fingerprint density at radius 1 is 1.38 bits per heavy atom. The molecule has 1 aromatic carbocycles. The molecule has 21 heavy (non-hydrogen) atoms. The molecule has 114 valence electrons. The van der Waals surface area contributed by atoms with E-state index in [1.807, 2.05) is 0 Å². The molecule has 0 saturated heterocycles. The van der Waals surface area contributed by atoms with Gasteiger partial charge in [-0.1, -0.05) is 12.1 Å². The minimum atomic E-state index is -0.660. The van der Waals surface area contributed by atoms with Crippen molar-refractivity contribution in [3.05, 3.63) is 39.9 Å². The molecule has 0 radical (unpaired) electrons. The number of nitro benzene ring substituents is 1. The molecule has 2 atom stereocenters. The molecule has 0 aliphatic heterocycles. The normalized spacial score (nSPS) is 21.3. The summed E-state index contributed by atoms with van der Waals surface area (Å²) in [5.74, 6) is 0.767. The molecule has 0 bridgehead atoms. The van der Waals surface area contributed by atoms with Gasteiger partial charge in [0.2, 0.25) is 0 Å². The SMILES string of the molecule is CC(C1CC1)N(CC(O)c1cccc([N+](=O)[O-])c1)C1CC1. The molecule has 2 fully saturated rings. The van der Waals surface area contributed by atoms with E-state index < -0.39 is 11.0 Å². The summed E-state index contributed by atoms with van der Waals surface area (Å²) >= 11 is 0. The average Bonchev–Trinajstić information content (AvgIpc) is 3.36. The summed E-state index contributed by atoms with van der Waals surface area (Å²) in [6.07, 6.45) is 4.33. The lowest BCUT2D eigenvalue weighted by Gasteiger charge is -2.31. The van der Waals surface area contributed by atoms with Crippen LogP contribution in [0.2, 0.25) is 0 Å². The van der Waals surface area contributed by atoms with Crippen molar-refractivity contribution in [2.75, 3.05) is 6.54 Å². The lowest BCUT2D eigenvalue weighted by atomic mass is 10.1. The third-order valence-electron chi connectivity index (χ3n) is 4.69. The number of non-ortho nitro benzene ring substituents is 1. The van der Waals surface area contributed by atoms with E-state index in [-0.39, 0.29) is 5.69 Å². The first-order valence-electron chi connectivity index (χ1n) is 7.74. The number of rotatable bonds is 7. The first-order valence-corrected chi connectivity index (χ1v) is 7.74. The van der Waals surface area contributed by atoms with E-state index in [9.17, 15) is 15.2 Å². The second-order valence-electron chi connectivity index (χ2n) is 6.37. The zero-order valence-electron chi connectivity index (χ0n) is 12.3. The number of nitrogens with zero attached hydrogens (tertiary/aromatic N) is 2. The highest BCUT2D eigenvalue weighted by Gasteiger charge is 2.39. The van der Waals surface area contributed by atoms with Crippen molar-refractivity contribution in [2.45, 2.75) is 50.8 Å². The second kappa shape index (κ2) is 5.73. The van der Waals surface area contributed by atoms with Crippen LogP contribution in [0.5, 0.6) is 0 Å². The van der Waals surface area contributed by atoms with Gasteiger partial charge in [0.1, 0.15) is 0 Å². The van der Waals surface area contributed by atoms with E-state index in [0.29, 0.717) is 24.2 Å². The Balaban J connectivity index is 1.70. The van der Waals surface area contributed by atoms with Gasteiger partial charge < -0.3 is 5.11 Å². The summed E-state index contributed by atoms with van der Waals surface area (Å²) in [5, 5.41) is 21.3. The minimum Gasteiger partial charge on any atom is -0.387 e. The van der Waals surface area contributed by atoms with Gasteiger partial charge >= 0.3 is 0 Å². The topological polar surface area (TPSA) is 66.6 Å². The Bertz CT molecular complexity index is 526. The monoisotopic (exact) mass is 290 g/mol. The predicted octanol–water partition coefficient (Wildman–Crippen LogP) is 2.89. The minimum absolute atomic E-state index is 0.0414. The number of aliphatic hydroxyl groups is 1. The van der Waals surface area contributed by atoms with E-state index in [1.54, 1.807) is 12.1 Å². The van der Waals surface area contributed by atoms with Crippen LogP contribution in [0.1, 0.15) is 44.3 Å². The highest BCUT2D eigenvalue weighted by Crippen LogP contribution is 2.40. The number of benzene rings is 1. The first kappa shape index (κ1) is 14.5. The van der Waals surface area contributed by atoms with Gasteiger partial charge in [0.25, 0.3) is 5.69 Å².